The summed E-state index contributed by atoms with van der Waals surface area (Å²) < 4.78 is 17.2. The topological polar surface area (TPSA) is 99.1 Å². The highest BCUT2D eigenvalue weighted by Crippen LogP contribution is 2.14. The molecule has 0 bridgehead atoms. The third kappa shape index (κ3) is 39.7. The highest BCUT2D eigenvalue weighted by Gasteiger charge is 2.31. The SMILES string of the molecule is CC/C=C/C/C=C/C/C=C/C/C=C/CCCCCCCCCCCCC(=O)OC(COCCC(C(=O)O)[N+](C)(C)C)COC(=O)CCCC/C=C/C/C=C/C/C=C/CC. The van der Waals surface area contributed by atoms with Crippen molar-refractivity contribution in [2.45, 2.75) is 180 Å². The van der Waals surface area contributed by atoms with Crippen LogP contribution in [-0.2, 0) is 28.6 Å². The van der Waals surface area contributed by atoms with E-state index in [-0.39, 0.29) is 36.2 Å². The van der Waals surface area contributed by atoms with Crippen molar-refractivity contribution in [1.29, 1.82) is 0 Å². The molecule has 0 fully saturated rings. The fourth-order valence-corrected chi connectivity index (χ4v) is 6.27. The average molecular weight is 825 g/mol. The minimum atomic E-state index is -0.884. The van der Waals surface area contributed by atoms with Gasteiger partial charge in [0.25, 0.3) is 0 Å². The Hall–Kier alpha value is -3.49. The van der Waals surface area contributed by atoms with Crippen molar-refractivity contribution in [2.24, 2.45) is 0 Å². The predicted octanol–water partition coefficient (Wildman–Crippen LogP) is 12.9. The van der Waals surface area contributed by atoms with Crippen LogP contribution in [0.15, 0.2) is 85.1 Å². The number of quaternary nitrogens is 1. The molecule has 0 amide bonds. The van der Waals surface area contributed by atoms with Crippen molar-refractivity contribution >= 4 is 17.9 Å². The smallest absolute Gasteiger partial charge is 0.362 e. The van der Waals surface area contributed by atoms with Crippen LogP contribution in [-0.4, -0.2) is 80.6 Å². The molecule has 2 atom stereocenters. The molecule has 0 aromatic carbocycles. The second-order valence-electron chi connectivity index (χ2n) is 16.2. The molecule has 0 spiro atoms. The predicted molar refractivity (Wildman–Crippen MR) is 247 cm³/mol. The summed E-state index contributed by atoms with van der Waals surface area (Å²) in [5, 5.41) is 9.62. The van der Waals surface area contributed by atoms with E-state index in [0.717, 1.165) is 89.9 Å². The highest BCUT2D eigenvalue weighted by molar-refractivity contribution is 5.72. The van der Waals surface area contributed by atoms with Crippen LogP contribution >= 0.6 is 0 Å². The number of carbonyl (C=O) groups is 3. The van der Waals surface area contributed by atoms with Gasteiger partial charge < -0.3 is 23.8 Å². The van der Waals surface area contributed by atoms with E-state index >= 15 is 0 Å². The summed E-state index contributed by atoms with van der Waals surface area (Å²) in [4.78, 5) is 37.0. The Balaban J connectivity index is 4.30. The van der Waals surface area contributed by atoms with Gasteiger partial charge in [-0.25, -0.2) is 4.79 Å². The normalized spacial score (nSPS) is 13.7. The number of hydrogen-bond donors (Lipinski definition) is 1. The zero-order chi connectivity index (χ0) is 43.5. The largest absolute Gasteiger partial charge is 0.477 e. The molecular formula is C51H86NO7+. The summed E-state index contributed by atoms with van der Waals surface area (Å²) in [6, 6.07) is -0.625. The lowest BCUT2D eigenvalue weighted by Gasteiger charge is -2.31. The molecule has 0 radical (unpaired) electrons. The molecular weight excluding hydrogens is 739 g/mol. The molecule has 0 aliphatic heterocycles. The molecule has 0 heterocycles. The van der Waals surface area contributed by atoms with Gasteiger partial charge in [0, 0.05) is 19.3 Å². The molecule has 8 nitrogen and oxygen atoms in total. The molecule has 8 heteroatoms. The first-order valence-corrected chi connectivity index (χ1v) is 23.1. The van der Waals surface area contributed by atoms with Gasteiger partial charge in [-0.05, 0) is 83.5 Å². The summed E-state index contributed by atoms with van der Waals surface area (Å²) in [6.45, 7) is 4.45. The van der Waals surface area contributed by atoms with Gasteiger partial charge in [-0.1, -0.05) is 150 Å². The van der Waals surface area contributed by atoms with Gasteiger partial charge in [0.05, 0.1) is 34.4 Å². The molecule has 0 aliphatic rings. The van der Waals surface area contributed by atoms with Crippen LogP contribution in [0.4, 0.5) is 0 Å². The van der Waals surface area contributed by atoms with Crippen LogP contribution in [0.25, 0.3) is 0 Å². The Morgan fingerprint density at radius 1 is 0.508 bits per heavy atom. The molecule has 59 heavy (non-hydrogen) atoms. The number of allylic oxidation sites excluding steroid dienone is 14. The molecule has 0 aromatic rings. The van der Waals surface area contributed by atoms with Gasteiger partial charge >= 0.3 is 17.9 Å². The lowest BCUT2D eigenvalue weighted by Crippen LogP contribution is -2.50. The highest BCUT2D eigenvalue weighted by atomic mass is 16.6. The van der Waals surface area contributed by atoms with Crippen molar-refractivity contribution in [1.82, 2.24) is 0 Å². The summed E-state index contributed by atoms with van der Waals surface area (Å²) >= 11 is 0. The van der Waals surface area contributed by atoms with E-state index in [0.29, 0.717) is 19.3 Å². The van der Waals surface area contributed by atoms with E-state index in [4.69, 9.17) is 14.2 Å². The molecule has 0 aromatic heterocycles. The zero-order valence-corrected chi connectivity index (χ0v) is 38.2. The Bertz CT molecular complexity index is 1240. The number of aliphatic carboxylic acids is 1. The standard InChI is InChI=1S/C51H85NO7/c1-6-8-10-12-14-16-18-20-21-22-23-24-25-26-27-28-29-30-32-34-36-38-40-42-50(54)59-47(45-57-44-43-48(51(55)56)52(3,4)5)46-58-49(53)41-39-37-35-33-31-19-17-15-13-11-9-7-2/h8-11,14-17,20-21,23-24,31,33,47-48H,6-7,12-13,18-19,22,25-30,32,34-46H2,1-5H3/p+1/b10-8+,11-9+,16-14+,17-15+,21-20+,24-23+,33-31+. The maximum absolute atomic E-state index is 12.8. The van der Waals surface area contributed by atoms with Crippen LogP contribution in [0.5, 0.6) is 0 Å². The van der Waals surface area contributed by atoms with Crippen LogP contribution in [0.2, 0.25) is 0 Å². The van der Waals surface area contributed by atoms with Gasteiger partial charge in [0.15, 0.2) is 12.1 Å². The van der Waals surface area contributed by atoms with Gasteiger partial charge in [0.2, 0.25) is 0 Å². The van der Waals surface area contributed by atoms with Crippen LogP contribution < -0.4 is 0 Å². The number of ether oxygens (including phenoxy) is 3. The second-order valence-corrected chi connectivity index (χ2v) is 16.2. The van der Waals surface area contributed by atoms with Gasteiger partial charge in [-0.2, -0.15) is 0 Å². The van der Waals surface area contributed by atoms with Crippen LogP contribution in [0.3, 0.4) is 0 Å². The summed E-state index contributed by atoms with van der Waals surface area (Å²) in [5.74, 6) is -1.53. The molecule has 336 valence electrons. The third-order valence-corrected chi connectivity index (χ3v) is 9.79. The zero-order valence-electron chi connectivity index (χ0n) is 38.2. The minimum absolute atomic E-state index is 0.0427. The lowest BCUT2D eigenvalue weighted by atomic mass is 10.0. The second kappa shape index (κ2) is 41.3. The Labute approximate surface area is 361 Å². The Morgan fingerprint density at radius 2 is 0.898 bits per heavy atom. The monoisotopic (exact) mass is 825 g/mol. The first-order valence-electron chi connectivity index (χ1n) is 23.1. The minimum Gasteiger partial charge on any atom is -0.477 e. The van der Waals surface area contributed by atoms with Crippen LogP contribution in [0, 0.1) is 0 Å². The van der Waals surface area contributed by atoms with Crippen molar-refractivity contribution < 1.29 is 38.2 Å². The summed E-state index contributed by atoms with van der Waals surface area (Å²) in [6.07, 6.45) is 53.5. The van der Waals surface area contributed by atoms with E-state index in [2.05, 4.69) is 98.9 Å². The van der Waals surface area contributed by atoms with Gasteiger partial charge in [0.1, 0.15) is 6.61 Å². The average Bonchev–Trinajstić information content (AvgIpc) is 3.19. The summed E-state index contributed by atoms with van der Waals surface area (Å²) in [5.41, 5.74) is 0. The number of unbranched alkanes of at least 4 members (excludes halogenated alkanes) is 12. The fourth-order valence-electron chi connectivity index (χ4n) is 6.27. The number of hydrogen-bond acceptors (Lipinski definition) is 6. The fraction of sp³-hybridized carbons (Fsp3) is 0.667. The third-order valence-electron chi connectivity index (χ3n) is 9.79. The van der Waals surface area contributed by atoms with Crippen molar-refractivity contribution in [3.8, 4) is 0 Å². The van der Waals surface area contributed by atoms with Gasteiger partial charge in [-0.3, -0.25) is 9.59 Å². The van der Waals surface area contributed by atoms with Crippen molar-refractivity contribution in [3.63, 3.8) is 0 Å². The molecule has 1 N–H and O–H groups in total. The first kappa shape index (κ1) is 55.5. The lowest BCUT2D eigenvalue weighted by molar-refractivity contribution is -0.887. The van der Waals surface area contributed by atoms with E-state index in [1.807, 2.05) is 21.1 Å². The van der Waals surface area contributed by atoms with E-state index in [1.54, 1.807) is 0 Å². The van der Waals surface area contributed by atoms with E-state index < -0.39 is 18.1 Å². The number of likely N-dealkylation sites (N-methyl/N-ethyl adjacent to an activating group) is 1. The Kier molecular flexibility index (Phi) is 38.8. The molecule has 0 rings (SSSR count). The maximum atomic E-state index is 12.8. The van der Waals surface area contributed by atoms with Crippen molar-refractivity contribution in [2.75, 3.05) is 41.0 Å². The Morgan fingerprint density at radius 3 is 1.36 bits per heavy atom. The molecule has 0 saturated heterocycles. The number of esters is 2. The molecule has 0 saturated carbocycles. The van der Waals surface area contributed by atoms with E-state index in [9.17, 15) is 19.5 Å². The van der Waals surface area contributed by atoms with Crippen molar-refractivity contribution in [3.05, 3.63) is 85.1 Å². The van der Waals surface area contributed by atoms with Gasteiger partial charge in [-0.15, -0.1) is 0 Å². The first-order chi connectivity index (χ1) is 28.6. The quantitative estimate of drug-likeness (QED) is 0.0284. The molecule has 0 aliphatic carbocycles. The maximum Gasteiger partial charge on any atom is 0.362 e. The number of nitrogens with zero attached hydrogens (tertiary/aromatic N) is 1. The van der Waals surface area contributed by atoms with E-state index in [1.165, 1.54) is 44.9 Å². The van der Waals surface area contributed by atoms with Crippen LogP contribution in [0.1, 0.15) is 168 Å². The number of carboxylic acid groups (broad SMARTS) is 1. The molecule has 2 unspecified atom stereocenters. The summed E-state index contributed by atoms with van der Waals surface area (Å²) in [7, 11) is 5.51. The number of carboxylic acids is 1. The number of rotatable bonds is 40. The number of carbonyl (C=O) groups excluding carboxylic acids is 2.